The molecule has 2 aliphatic rings. The zero-order valence-corrected chi connectivity index (χ0v) is 24.4. The summed E-state index contributed by atoms with van der Waals surface area (Å²) in [6, 6.07) is 9.51. The average molecular weight is 559 g/mol. The third-order valence-electron chi connectivity index (χ3n) is 8.40. The van der Waals surface area contributed by atoms with Crippen molar-refractivity contribution in [2.75, 3.05) is 20.2 Å². The molecule has 2 fully saturated rings. The van der Waals surface area contributed by atoms with Crippen LogP contribution in [-0.2, 0) is 13.6 Å². The molecule has 216 valence electrons. The fourth-order valence-corrected chi connectivity index (χ4v) is 6.36. The van der Waals surface area contributed by atoms with Gasteiger partial charge in [0.1, 0.15) is 16.9 Å². The third-order valence-corrected chi connectivity index (χ3v) is 8.40. The van der Waals surface area contributed by atoms with Crippen LogP contribution >= 0.6 is 0 Å². The van der Waals surface area contributed by atoms with Gasteiger partial charge in [-0.25, -0.2) is 14.8 Å². The molecule has 3 aromatic heterocycles. The van der Waals surface area contributed by atoms with Gasteiger partial charge in [-0.05, 0) is 82.7 Å². The van der Waals surface area contributed by atoms with E-state index in [-0.39, 0.29) is 11.9 Å². The minimum absolute atomic E-state index is 0.145. The van der Waals surface area contributed by atoms with Gasteiger partial charge in [0.25, 0.3) is 5.91 Å². The zero-order chi connectivity index (χ0) is 29.1. The standard InChI is InChI=1S/C31H38N6O4/c1-31(2,3)37(30(39)40)22-9-7-13-35(18-22)29(38)21-14-23-26(25(16-21)41-5)34(4)28(33-23)24-15-20-8-6-12-32-27(20)36(24)17-19-10-11-19/h6,8,12,14-16,19,22H,7,9-11,13,17-18H2,1-5H3,(H,39,40). The van der Waals surface area contributed by atoms with Crippen molar-refractivity contribution in [3.8, 4) is 17.3 Å². The van der Waals surface area contributed by atoms with E-state index in [4.69, 9.17) is 9.72 Å². The number of pyridine rings is 1. The first kappa shape index (κ1) is 27.1. The number of imidazole rings is 1. The van der Waals surface area contributed by atoms with Crippen LogP contribution in [0.25, 0.3) is 33.6 Å². The van der Waals surface area contributed by atoms with Gasteiger partial charge in [0.05, 0.1) is 24.4 Å². The summed E-state index contributed by atoms with van der Waals surface area (Å²) in [6.45, 7) is 7.50. The summed E-state index contributed by atoms with van der Waals surface area (Å²) in [5.74, 6) is 1.88. The number of piperidine rings is 1. The number of carbonyl (C=O) groups excluding carboxylic acids is 1. The van der Waals surface area contributed by atoms with Gasteiger partial charge in [-0.2, -0.15) is 0 Å². The lowest BCUT2D eigenvalue weighted by Gasteiger charge is -2.44. The maximum Gasteiger partial charge on any atom is 0.408 e. The van der Waals surface area contributed by atoms with Gasteiger partial charge < -0.3 is 23.9 Å². The summed E-state index contributed by atoms with van der Waals surface area (Å²) in [4.78, 5) is 38.9. The fraction of sp³-hybridized carbons (Fsp3) is 0.484. The molecule has 1 saturated carbocycles. The second-order valence-corrected chi connectivity index (χ2v) is 12.4. The maximum absolute atomic E-state index is 13.8. The van der Waals surface area contributed by atoms with Crippen LogP contribution in [0.4, 0.5) is 4.79 Å². The van der Waals surface area contributed by atoms with Crippen LogP contribution in [0.3, 0.4) is 0 Å². The fourth-order valence-electron chi connectivity index (χ4n) is 6.36. The first-order chi connectivity index (χ1) is 19.6. The molecule has 1 saturated heterocycles. The second kappa shape index (κ2) is 10.1. The number of carboxylic acid groups (broad SMARTS) is 1. The molecule has 1 aliphatic carbocycles. The predicted octanol–water partition coefficient (Wildman–Crippen LogP) is 5.39. The van der Waals surface area contributed by atoms with Crippen LogP contribution in [0.2, 0.25) is 0 Å². The number of aromatic nitrogens is 4. The van der Waals surface area contributed by atoms with Crippen molar-refractivity contribution in [3.05, 3.63) is 42.1 Å². The molecule has 0 spiro atoms. The smallest absolute Gasteiger partial charge is 0.408 e. The van der Waals surface area contributed by atoms with Crippen molar-refractivity contribution < 1.29 is 19.4 Å². The minimum Gasteiger partial charge on any atom is -0.494 e. The Morgan fingerprint density at radius 2 is 1.95 bits per heavy atom. The Labute approximate surface area is 239 Å². The average Bonchev–Trinajstić information content (AvgIpc) is 3.60. The van der Waals surface area contributed by atoms with Gasteiger partial charge >= 0.3 is 6.09 Å². The highest BCUT2D eigenvalue weighted by atomic mass is 16.5. The first-order valence-corrected chi connectivity index (χ1v) is 14.4. The molecule has 41 heavy (non-hydrogen) atoms. The number of ether oxygens (including phenoxy) is 1. The van der Waals surface area contributed by atoms with E-state index in [9.17, 15) is 14.7 Å². The zero-order valence-electron chi connectivity index (χ0n) is 24.4. The molecule has 1 atom stereocenters. The van der Waals surface area contributed by atoms with Crippen molar-refractivity contribution in [2.45, 2.75) is 64.6 Å². The quantitative estimate of drug-likeness (QED) is 0.340. The van der Waals surface area contributed by atoms with Crippen LogP contribution in [-0.4, -0.2) is 77.8 Å². The van der Waals surface area contributed by atoms with Crippen molar-refractivity contribution in [1.29, 1.82) is 0 Å². The molecule has 0 radical (unpaired) electrons. The number of methoxy groups -OCH3 is 1. The summed E-state index contributed by atoms with van der Waals surface area (Å²) in [7, 11) is 3.58. The van der Waals surface area contributed by atoms with Crippen LogP contribution in [0, 0.1) is 5.92 Å². The highest BCUT2D eigenvalue weighted by molar-refractivity contribution is 6.00. The number of hydrogen-bond acceptors (Lipinski definition) is 5. The van der Waals surface area contributed by atoms with Crippen LogP contribution in [0.15, 0.2) is 36.5 Å². The summed E-state index contributed by atoms with van der Waals surface area (Å²) in [6.07, 6.45) is 4.78. The molecule has 2 amide bonds. The SMILES string of the molecule is COc1cc(C(=O)N2CCCC(N(C(=O)O)C(C)(C)C)C2)cc2nc(-c3cc4cccnc4n3CC3CC3)n(C)c12. The largest absolute Gasteiger partial charge is 0.494 e. The Balaban J connectivity index is 1.37. The number of aryl methyl sites for hydroxylation is 1. The van der Waals surface area contributed by atoms with Crippen LogP contribution < -0.4 is 4.74 Å². The minimum atomic E-state index is -0.963. The van der Waals surface area contributed by atoms with E-state index in [1.807, 2.05) is 50.7 Å². The number of rotatable bonds is 6. The lowest BCUT2D eigenvalue weighted by Crippen LogP contribution is -2.57. The van der Waals surface area contributed by atoms with E-state index in [1.54, 1.807) is 18.1 Å². The normalized spacial score (nSPS) is 17.8. The Morgan fingerprint density at radius 3 is 2.63 bits per heavy atom. The summed E-state index contributed by atoms with van der Waals surface area (Å²) < 4.78 is 10.1. The topological polar surface area (TPSA) is 106 Å². The van der Waals surface area contributed by atoms with Crippen LogP contribution in [0.5, 0.6) is 5.75 Å². The molecule has 10 heteroatoms. The molecular formula is C31H38N6O4. The Morgan fingerprint density at radius 1 is 1.17 bits per heavy atom. The molecule has 1 N–H and O–H groups in total. The highest BCUT2D eigenvalue weighted by Gasteiger charge is 2.37. The van der Waals surface area contributed by atoms with Crippen LogP contribution in [0.1, 0.15) is 56.8 Å². The van der Waals surface area contributed by atoms with Gasteiger partial charge in [0.15, 0.2) is 5.82 Å². The molecule has 10 nitrogen and oxygen atoms in total. The number of hydrogen-bond donors (Lipinski definition) is 1. The monoisotopic (exact) mass is 558 g/mol. The summed E-state index contributed by atoms with van der Waals surface area (Å²) in [5.41, 5.74) is 3.36. The molecule has 4 heterocycles. The predicted molar refractivity (Wildman–Crippen MR) is 157 cm³/mol. The van der Waals surface area contributed by atoms with Gasteiger partial charge in [-0.1, -0.05) is 0 Å². The molecule has 6 rings (SSSR count). The van der Waals surface area contributed by atoms with E-state index in [2.05, 4.69) is 21.7 Å². The summed E-state index contributed by atoms with van der Waals surface area (Å²) in [5, 5.41) is 11.0. The lowest BCUT2D eigenvalue weighted by molar-refractivity contribution is 0.0315. The van der Waals surface area contributed by atoms with E-state index in [0.29, 0.717) is 35.8 Å². The van der Waals surface area contributed by atoms with Gasteiger partial charge in [-0.15, -0.1) is 0 Å². The Bertz CT molecular complexity index is 1640. The second-order valence-electron chi connectivity index (χ2n) is 12.4. The number of benzene rings is 1. The molecule has 1 aliphatic heterocycles. The van der Waals surface area contributed by atoms with Crippen molar-refractivity contribution in [1.82, 2.24) is 28.9 Å². The number of nitrogens with zero attached hydrogens (tertiary/aromatic N) is 6. The first-order valence-electron chi connectivity index (χ1n) is 14.4. The van der Waals surface area contributed by atoms with Gasteiger partial charge in [-0.3, -0.25) is 9.69 Å². The Kier molecular flexibility index (Phi) is 6.66. The maximum atomic E-state index is 13.8. The van der Waals surface area contributed by atoms with Crippen molar-refractivity contribution in [3.63, 3.8) is 0 Å². The van der Waals surface area contributed by atoms with Gasteiger partial charge in [0, 0.05) is 49.4 Å². The Hall–Kier alpha value is -4.08. The van der Waals surface area contributed by atoms with E-state index in [1.165, 1.54) is 17.7 Å². The molecule has 4 aromatic rings. The van der Waals surface area contributed by atoms with Gasteiger partial charge in [0.2, 0.25) is 0 Å². The van der Waals surface area contributed by atoms with E-state index >= 15 is 0 Å². The number of amides is 2. The molecule has 0 bridgehead atoms. The lowest BCUT2D eigenvalue weighted by atomic mass is 9.97. The molecule has 1 unspecified atom stereocenters. The molecule has 1 aromatic carbocycles. The number of carbonyl (C=O) groups is 2. The van der Waals surface area contributed by atoms with Crippen molar-refractivity contribution in [2.24, 2.45) is 13.0 Å². The third kappa shape index (κ3) is 4.89. The van der Waals surface area contributed by atoms with E-state index < -0.39 is 11.6 Å². The summed E-state index contributed by atoms with van der Waals surface area (Å²) >= 11 is 0. The van der Waals surface area contributed by atoms with Crippen molar-refractivity contribution >= 4 is 34.1 Å². The molecular weight excluding hydrogens is 520 g/mol. The highest BCUT2D eigenvalue weighted by Crippen LogP contribution is 2.37. The van der Waals surface area contributed by atoms with E-state index in [0.717, 1.165) is 47.5 Å². The number of likely N-dealkylation sites (tertiary alicyclic amines) is 1. The number of fused-ring (bicyclic) bond motifs is 2.